The molecule has 14 heavy (non-hydrogen) atoms. The van der Waals surface area contributed by atoms with Gasteiger partial charge in [-0.1, -0.05) is 25.5 Å². The number of aliphatic hydroxyl groups is 1. The van der Waals surface area contributed by atoms with Gasteiger partial charge in [0.25, 0.3) is 0 Å². The Balaban J connectivity index is 2.51. The summed E-state index contributed by atoms with van der Waals surface area (Å²) in [5.41, 5.74) is 0. The van der Waals surface area contributed by atoms with E-state index in [-0.39, 0.29) is 12.5 Å². The maximum Gasteiger partial charge on any atom is 0.136 e. The molecule has 80 valence electrons. The minimum Gasteiger partial charge on any atom is -0.392 e. The summed E-state index contributed by atoms with van der Waals surface area (Å²) in [5.74, 6) is 1.12. The number of rotatable bonds is 3. The molecule has 0 aromatic rings. The Morgan fingerprint density at radius 2 is 2.21 bits per heavy atom. The van der Waals surface area contributed by atoms with Crippen molar-refractivity contribution in [3.8, 4) is 0 Å². The number of carbonyl (C=O) groups is 1. The topological polar surface area (TPSA) is 37.3 Å². The molecule has 0 spiro atoms. The Kier molecular flexibility index (Phi) is 4.88. The number of Topliss-reactive ketones (excluding diaryl/α,β-unsaturated/α-hetero) is 1. The van der Waals surface area contributed by atoms with Crippen molar-refractivity contribution in [2.24, 2.45) is 11.8 Å². The minimum absolute atomic E-state index is 0.0787. The highest BCUT2D eigenvalue weighted by Gasteiger charge is 2.25. The van der Waals surface area contributed by atoms with Crippen molar-refractivity contribution in [1.82, 2.24) is 0 Å². The Morgan fingerprint density at radius 1 is 1.43 bits per heavy atom. The Morgan fingerprint density at radius 3 is 2.93 bits per heavy atom. The van der Waals surface area contributed by atoms with Crippen LogP contribution in [0.5, 0.6) is 0 Å². The largest absolute Gasteiger partial charge is 0.392 e. The van der Waals surface area contributed by atoms with Crippen LogP contribution < -0.4 is 0 Å². The Labute approximate surface area is 86.0 Å². The fourth-order valence-electron chi connectivity index (χ4n) is 2.15. The standard InChI is InChI=1S/C12H20O2/c1-10-6-2-3-8-12(14)11(10)7-4-5-9-13/h4-5,10-11,13H,2-3,6-9H2,1H3/b5-4+/t10-,11?/m1/s1. The molecule has 0 heterocycles. The van der Waals surface area contributed by atoms with Crippen LogP contribution in [0.3, 0.4) is 0 Å². The number of hydrogen-bond acceptors (Lipinski definition) is 2. The zero-order valence-corrected chi connectivity index (χ0v) is 8.91. The maximum absolute atomic E-state index is 11.7. The SMILES string of the molecule is C[C@@H]1CCCCC(=O)C1C/C=C/CO. The van der Waals surface area contributed by atoms with Crippen LogP contribution in [0.15, 0.2) is 12.2 Å². The molecule has 2 heteroatoms. The van der Waals surface area contributed by atoms with Crippen LogP contribution in [0.4, 0.5) is 0 Å². The van der Waals surface area contributed by atoms with E-state index in [0.29, 0.717) is 11.7 Å². The van der Waals surface area contributed by atoms with Gasteiger partial charge in [-0.3, -0.25) is 4.79 Å². The van der Waals surface area contributed by atoms with Crippen molar-refractivity contribution < 1.29 is 9.90 Å². The van der Waals surface area contributed by atoms with Gasteiger partial charge in [0.1, 0.15) is 5.78 Å². The van der Waals surface area contributed by atoms with Gasteiger partial charge in [0.05, 0.1) is 6.61 Å². The quantitative estimate of drug-likeness (QED) is 0.555. The fraction of sp³-hybridized carbons (Fsp3) is 0.750. The first-order valence-corrected chi connectivity index (χ1v) is 5.54. The molecule has 1 aliphatic carbocycles. The van der Waals surface area contributed by atoms with Crippen molar-refractivity contribution in [1.29, 1.82) is 0 Å². The molecule has 2 nitrogen and oxygen atoms in total. The van der Waals surface area contributed by atoms with E-state index in [4.69, 9.17) is 5.11 Å². The van der Waals surface area contributed by atoms with Gasteiger partial charge in [-0.25, -0.2) is 0 Å². The van der Waals surface area contributed by atoms with Gasteiger partial charge in [0.2, 0.25) is 0 Å². The van der Waals surface area contributed by atoms with Crippen LogP contribution >= 0.6 is 0 Å². The van der Waals surface area contributed by atoms with Crippen LogP contribution in [-0.4, -0.2) is 17.5 Å². The molecule has 1 fully saturated rings. The van der Waals surface area contributed by atoms with E-state index in [1.807, 2.05) is 6.08 Å². The molecule has 2 atom stereocenters. The average molecular weight is 196 g/mol. The first-order chi connectivity index (χ1) is 6.75. The van der Waals surface area contributed by atoms with E-state index in [9.17, 15) is 4.79 Å². The Bertz CT molecular complexity index is 208. The fourth-order valence-corrected chi connectivity index (χ4v) is 2.15. The normalized spacial score (nSPS) is 29.4. The van der Waals surface area contributed by atoms with E-state index in [2.05, 4.69) is 6.92 Å². The van der Waals surface area contributed by atoms with Gasteiger partial charge in [-0.15, -0.1) is 0 Å². The number of aliphatic hydroxyl groups excluding tert-OH is 1. The third kappa shape index (κ3) is 3.26. The molecule has 1 unspecified atom stereocenters. The average Bonchev–Trinajstić information content (AvgIpc) is 2.32. The summed E-state index contributed by atoms with van der Waals surface area (Å²) in [6.07, 6.45) is 8.64. The van der Waals surface area contributed by atoms with Crippen molar-refractivity contribution in [3.05, 3.63) is 12.2 Å². The van der Waals surface area contributed by atoms with Gasteiger partial charge in [-0.05, 0) is 25.2 Å². The molecule has 0 aliphatic heterocycles. The van der Waals surface area contributed by atoms with Crippen molar-refractivity contribution in [3.63, 3.8) is 0 Å². The number of ketones is 1. The number of allylic oxidation sites excluding steroid dienone is 1. The first kappa shape index (κ1) is 11.4. The molecule has 0 amide bonds. The highest BCUT2D eigenvalue weighted by Crippen LogP contribution is 2.28. The summed E-state index contributed by atoms with van der Waals surface area (Å²) in [7, 11) is 0. The summed E-state index contributed by atoms with van der Waals surface area (Å²) in [6, 6.07) is 0. The van der Waals surface area contributed by atoms with Gasteiger partial charge in [0, 0.05) is 12.3 Å². The maximum atomic E-state index is 11.7. The molecule has 1 rings (SSSR count). The van der Waals surface area contributed by atoms with Crippen molar-refractivity contribution in [2.75, 3.05) is 6.61 Å². The second kappa shape index (κ2) is 5.97. The highest BCUT2D eigenvalue weighted by molar-refractivity contribution is 5.81. The second-order valence-corrected chi connectivity index (χ2v) is 4.19. The molecule has 0 bridgehead atoms. The smallest absolute Gasteiger partial charge is 0.136 e. The van der Waals surface area contributed by atoms with Gasteiger partial charge in [0.15, 0.2) is 0 Å². The van der Waals surface area contributed by atoms with Crippen LogP contribution in [0.1, 0.15) is 39.0 Å². The van der Waals surface area contributed by atoms with E-state index in [1.54, 1.807) is 6.08 Å². The zero-order valence-electron chi connectivity index (χ0n) is 8.91. The predicted molar refractivity (Wildman–Crippen MR) is 57.0 cm³/mol. The summed E-state index contributed by atoms with van der Waals surface area (Å²) >= 11 is 0. The van der Waals surface area contributed by atoms with Gasteiger partial charge < -0.3 is 5.11 Å². The molecule has 0 aromatic carbocycles. The van der Waals surface area contributed by atoms with Crippen LogP contribution in [0.25, 0.3) is 0 Å². The van der Waals surface area contributed by atoms with E-state index in [1.165, 1.54) is 12.8 Å². The predicted octanol–water partition coefficient (Wildman–Crippen LogP) is 2.32. The van der Waals surface area contributed by atoms with Crippen LogP contribution in [0.2, 0.25) is 0 Å². The van der Waals surface area contributed by atoms with E-state index < -0.39 is 0 Å². The molecular weight excluding hydrogens is 176 g/mol. The van der Waals surface area contributed by atoms with E-state index >= 15 is 0 Å². The lowest BCUT2D eigenvalue weighted by molar-refractivity contribution is -0.123. The van der Waals surface area contributed by atoms with Crippen LogP contribution in [0, 0.1) is 11.8 Å². The molecule has 1 N–H and O–H groups in total. The van der Waals surface area contributed by atoms with Crippen molar-refractivity contribution in [2.45, 2.75) is 39.0 Å². The van der Waals surface area contributed by atoms with Gasteiger partial charge in [-0.2, -0.15) is 0 Å². The third-order valence-electron chi connectivity index (χ3n) is 3.10. The lowest BCUT2D eigenvalue weighted by Gasteiger charge is -2.18. The summed E-state index contributed by atoms with van der Waals surface area (Å²) < 4.78 is 0. The monoisotopic (exact) mass is 196 g/mol. The molecule has 0 saturated heterocycles. The number of carbonyl (C=O) groups excluding carboxylic acids is 1. The van der Waals surface area contributed by atoms with Crippen molar-refractivity contribution >= 4 is 5.78 Å². The lowest BCUT2D eigenvalue weighted by atomic mass is 9.86. The first-order valence-electron chi connectivity index (χ1n) is 5.54. The summed E-state index contributed by atoms with van der Waals surface area (Å²) in [6.45, 7) is 2.25. The molecule has 1 aliphatic rings. The molecular formula is C12H20O2. The summed E-state index contributed by atoms with van der Waals surface area (Å²) in [5, 5.41) is 8.61. The molecule has 0 radical (unpaired) electrons. The van der Waals surface area contributed by atoms with Crippen LogP contribution in [-0.2, 0) is 4.79 Å². The second-order valence-electron chi connectivity index (χ2n) is 4.19. The van der Waals surface area contributed by atoms with Gasteiger partial charge >= 0.3 is 0 Å². The molecule has 0 aromatic heterocycles. The molecule has 1 saturated carbocycles. The summed E-state index contributed by atoms with van der Waals surface area (Å²) in [4.78, 5) is 11.7. The highest BCUT2D eigenvalue weighted by atomic mass is 16.2. The Hall–Kier alpha value is -0.630. The zero-order chi connectivity index (χ0) is 10.4. The van der Waals surface area contributed by atoms with E-state index in [0.717, 1.165) is 19.3 Å². The third-order valence-corrected chi connectivity index (χ3v) is 3.10. The minimum atomic E-state index is 0.0787. The number of hydrogen-bond donors (Lipinski definition) is 1. The lowest BCUT2D eigenvalue weighted by Crippen LogP contribution is -2.19.